The summed E-state index contributed by atoms with van der Waals surface area (Å²) in [5.41, 5.74) is 2.11. The minimum absolute atomic E-state index is 0.0118. The number of hydrogen-bond donors (Lipinski definition) is 0. The molecule has 0 saturated heterocycles. The molecule has 0 bridgehead atoms. The van der Waals surface area contributed by atoms with Gasteiger partial charge in [0.2, 0.25) is 0 Å². The molecule has 0 heterocycles. The fourth-order valence-electron chi connectivity index (χ4n) is 1.72. The maximum Gasteiger partial charge on any atom is 0.120 e. The van der Waals surface area contributed by atoms with Gasteiger partial charge in [0.15, 0.2) is 0 Å². The molecular weight excluding hydrogens is 459 g/mol. The van der Waals surface area contributed by atoms with Gasteiger partial charge in [0.25, 0.3) is 0 Å². The zero-order valence-corrected chi connectivity index (χ0v) is 15.5. The minimum atomic E-state index is 0.0118. The fourth-order valence-corrected chi connectivity index (χ4v) is 4.13. The monoisotopic (exact) mass is 466 g/mol. The van der Waals surface area contributed by atoms with Crippen molar-refractivity contribution in [2.24, 2.45) is 0 Å². The first-order valence-corrected chi connectivity index (χ1v) is 8.33. The van der Waals surface area contributed by atoms with Crippen molar-refractivity contribution in [2.45, 2.75) is 4.83 Å². The second-order valence-corrected chi connectivity index (χ2v) is 7.01. The van der Waals surface area contributed by atoms with E-state index in [1.165, 1.54) is 0 Å². The molecule has 19 heavy (non-hydrogen) atoms. The van der Waals surface area contributed by atoms with E-state index in [-0.39, 0.29) is 4.83 Å². The van der Waals surface area contributed by atoms with Crippen molar-refractivity contribution in [3.63, 3.8) is 0 Å². The third-order valence-electron chi connectivity index (χ3n) is 2.71. The topological polar surface area (TPSA) is 9.23 Å². The molecule has 100 valence electrons. The van der Waals surface area contributed by atoms with E-state index in [4.69, 9.17) is 16.3 Å². The first-order chi connectivity index (χ1) is 9.02. The fraction of sp³-hybridized carbons (Fsp3) is 0.143. The number of halogens is 4. The van der Waals surface area contributed by atoms with Gasteiger partial charge in [-0.25, -0.2) is 0 Å². The maximum absolute atomic E-state index is 6.26. The minimum Gasteiger partial charge on any atom is -0.497 e. The van der Waals surface area contributed by atoms with Gasteiger partial charge in [0.1, 0.15) is 5.75 Å². The molecule has 0 amide bonds. The van der Waals surface area contributed by atoms with Crippen molar-refractivity contribution < 1.29 is 4.74 Å². The lowest BCUT2D eigenvalue weighted by Crippen LogP contribution is -1.96. The van der Waals surface area contributed by atoms with E-state index in [9.17, 15) is 0 Å². The summed E-state index contributed by atoms with van der Waals surface area (Å²) in [6, 6.07) is 11.7. The Kier molecular flexibility index (Phi) is 5.35. The lowest BCUT2D eigenvalue weighted by atomic mass is 10.0. The largest absolute Gasteiger partial charge is 0.497 e. The summed E-state index contributed by atoms with van der Waals surface area (Å²) >= 11 is 17.0. The average molecular weight is 469 g/mol. The second kappa shape index (κ2) is 6.61. The zero-order chi connectivity index (χ0) is 14.0. The third-order valence-corrected chi connectivity index (χ3v) is 5.22. The molecule has 0 fully saturated rings. The van der Waals surface area contributed by atoms with Gasteiger partial charge in [0.05, 0.1) is 11.9 Å². The van der Waals surface area contributed by atoms with Gasteiger partial charge in [-0.1, -0.05) is 65.5 Å². The Bertz CT molecular complexity index is 601. The van der Waals surface area contributed by atoms with Gasteiger partial charge in [-0.2, -0.15) is 0 Å². The molecule has 2 rings (SSSR count). The number of methoxy groups -OCH3 is 1. The van der Waals surface area contributed by atoms with Crippen LogP contribution in [0.25, 0.3) is 0 Å². The molecule has 0 aliphatic heterocycles. The maximum atomic E-state index is 6.26. The summed E-state index contributed by atoms with van der Waals surface area (Å²) < 4.78 is 7.18. The van der Waals surface area contributed by atoms with Gasteiger partial charge in [-0.15, -0.1) is 0 Å². The quantitative estimate of drug-likeness (QED) is 0.476. The van der Waals surface area contributed by atoms with Crippen LogP contribution in [0.2, 0.25) is 5.02 Å². The highest BCUT2D eigenvalue weighted by molar-refractivity contribution is 9.11. The van der Waals surface area contributed by atoms with Crippen molar-refractivity contribution in [2.75, 3.05) is 7.11 Å². The van der Waals surface area contributed by atoms with Crippen LogP contribution in [0.3, 0.4) is 0 Å². The summed E-state index contributed by atoms with van der Waals surface area (Å²) in [5, 5.41) is 0.729. The molecule has 0 aliphatic carbocycles. The van der Waals surface area contributed by atoms with Gasteiger partial charge in [-0.05, 0) is 41.5 Å². The number of hydrogen-bond acceptors (Lipinski definition) is 1. The van der Waals surface area contributed by atoms with Crippen LogP contribution in [-0.2, 0) is 0 Å². The SMILES string of the molecule is COc1ccc(C(Br)c2cc(Br)ccc2Cl)c(Br)c1. The van der Waals surface area contributed by atoms with Crippen molar-refractivity contribution in [1.29, 1.82) is 0 Å². The van der Waals surface area contributed by atoms with Gasteiger partial charge in [0, 0.05) is 14.0 Å². The van der Waals surface area contributed by atoms with Gasteiger partial charge >= 0.3 is 0 Å². The van der Waals surface area contributed by atoms with E-state index < -0.39 is 0 Å². The molecule has 1 atom stereocenters. The van der Waals surface area contributed by atoms with Crippen LogP contribution in [0.1, 0.15) is 16.0 Å². The van der Waals surface area contributed by atoms with Crippen LogP contribution in [0.5, 0.6) is 5.75 Å². The lowest BCUT2D eigenvalue weighted by Gasteiger charge is -2.15. The molecule has 0 radical (unpaired) electrons. The smallest absolute Gasteiger partial charge is 0.120 e. The van der Waals surface area contributed by atoms with Gasteiger partial charge in [-0.3, -0.25) is 0 Å². The number of ether oxygens (including phenoxy) is 1. The Hall–Kier alpha value is -0.0300. The lowest BCUT2D eigenvalue weighted by molar-refractivity contribution is 0.414. The van der Waals surface area contributed by atoms with Crippen molar-refractivity contribution in [3.8, 4) is 5.75 Å². The highest BCUT2D eigenvalue weighted by atomic mass is 79.9. The first-order valence-electron chi connectivity index (χ1n) is 5.45. The molecule has 0 aliphatic rings. The zero-order valence-electron chi connectivity index (χ0n) is 9.96. The first kappa shape index (κ1) is 15.4. The molecule has 1 unspecified atom stereocenters. The highest BCUT2D eigenvalue weighted by Crippen LogP contribution is 2.40. The average Bonchev–Trinajstić information content (AvgIpc) is 2.40. The third kappa shape index (κ3) is 3.54. The highest BCUT2D eigenvalue weighted by Gasteiger charge is 2.17. The van der Waals surface area contributed by atoms with E-state index in [1.807, 2.05) is 36.4 Å². The van der Waals surface area contributed by atoms with Crippen LogP contribution in [0.15, 0.2) is 45.3 Å². The normalized spacial score (nSPS) is 12.3. The molecule has 1 nitrogen and oxygen atoms in total. The summed E-state index contributed by atoms with van der Waals surface area (Å²) in [5.74, 6) is 0.815. The summed E-state index contributed by atoms with van der Waals surface area (Å²) in [7, 11) is 1.65. The Morgan fingerprint density at radius 2 is 1.79 bits per heavy atom. The summed E-state index contributed by atoms with van der Waals surface area (Å²) in [4.78, 5) is 0.0118. The van der Waals surface area contributed by atoms with E-state index in [0.29, 0.717) is 0 Å². The summed E-state index contributed by atoms with van der Waals surface area (Å²) in [6.07, 6.45) is 0. The Labute approximate surface area is 142 Å². The van der Waals surface area contributed by atoms with E-state index in [1.54, 1.807) is 7.11 Å². The predicted octanol–water partition coefficient (Wildman–Crippen LogP) is 6.36. The number of benzene rings is 2. The second-order valence-electron chi connectivity index (χ2n) is 3.92. The Balaban J connectivity index is 2.43. The molecule has 0 saturated carbocycles. The molecule has 0 aromatic heterocycles. The number of alkyl halides is 1. The van der Waals surface area contributed by atoms with Crippen molar-refractivity contribution in [1.82, 2.24) is 0 Å². The molecule has 0 N–H and O–H groups in total. The summed E-state index contributed by atoms with van der Waals surface area (Å²) in [6.45, 7) is 0. The van der Waals surface area contributed by atoms with Crippen molar-refractivity contribution >= 4 is 59.4 Å². The predicted molar refractivity (Wildman–Crippen MR) is 90.6 cm³/mol. The molecule has 5 heteroatoms. The molecule has 0 spiro atoms. The van der Waals surface area contributed by atoms with Crippen LogP contribution in [-0.4, -0.2) is 7.11 Å². The van der Waals surface area contributed by atoms with Crippen molar-refractivity contribution in [3.05, 3.63) is 61.5 Å². The van der Waals surface area contributed by atoms with Crippen LogP contribution in [0.4, 0.5) is 0 Å². The standard InChI is InChI=1S/C14H10Br3ClO/c1-19-9-3-4-10(12(16)7-9)14(17)11-6-8(15)2-5-13(11)18/h2-7,14H,1H3. The van der Waals surface area contributed by atoms with Gasteiger partial charge < -0.3 is 4.74 Å². The molecular formula is C14H10Br3ClO. The molecule has 2 aromatic rings. The Morgan fingerprint density at radius 1 is 1.05 bits per heavy atom. The van der Waals surface area contributed by atoms with Crippen LogP contribution >= 0.6 is 59.4 Å². The van der Waals surface area contributed by atoms with E-state index in [2.05, 4.69) is 47.8 Å². The van der Waals surface area contributed by atoms with Crippen LogP contribution < -0.4 is 4.74 Å². The number of rotatable bonds is 3. The Morgan fingerprint density at radius 3 is 2.42 bits per heavy atom. The van der Waals surface area contributed by atoms with E-state index in [0.717, 1.165) is 30.8 Å². The van der Waals surface area contributed by atoms with Crippen LogP contribution in [0, 0.1) is 0 Å². The molecule has 2 aromatic carbocycles. The van der Waals surface area contributed by atoms with E-state index >= 15 is 0 Å².